The van der Waals surface area contributed by atoms with Crippen LogP contribution in [-0.4, -0.2) is 6.54 Å². The molecule has 0 unspecified atom stereocenters. The Morgan fingerprint density at radius 3 is 2.56 bits per heavy atom. The van der Waals surface area contributed by atoms with Crippen LogP contribution in [0, 0.1) is 0 Å². The number of hydrogen-bond donors (Lipinski definition) is 1. The zero-order chi connectivity index (χ0) is 11.1. The van der Waals surface area contributed by atoms with Gasteiger partial charge in [0.1, 0.15) is 0 Å². The van der Waals surface area contributed by atoms with Crippen molar-refractivity contribution in [3.05, 3.63) is 33.8 Å². The third-order valence-electron chi connectivity index (χ3n) is 2.52. The Kier molecular flexibility index (Phi) is 4.10. The molecule has 1 aliphatic rings. The number of nitrogens with one attached hydrogen (secondary N) is 1. The fourth-order valence-corrected chi connectivity index (χ4v) is 2.13. The first-order chi connectivity index (χ1) is 7.00. The van der Waals surface area contributed by atoms with Crippen molar-refractivity contribution in [3.63, 3.8) is 0 Å². The van der Waals surface area contributed by atoms with Crippen molar-refractivity contribution in [1.82, 2.24) is 5.32 Å². The Labute approximate surface area is 102 Å². The molecule has 0 saturated carbocycles. The van der Waals surface area contributed by atoms with Crippen LogP contribution in [0.15, 0.2) is 12.1 Å². The van der Waals surface area contributed by atoms with Crippen LogP contribution < -0.4 is 5.32 Å². The quantitative estimate of drug-likeness (QED) is 0.763. The van der Waals surface area contributed by atoms with Gasteiger partial charge in [0.25, 0.3) is 0 Å². The van der Waals surface area contributed by atoms with E-state index in [1.807, 2.05) is 0 Å². The number of alkyl halides is 3. The normalized spacial score (nSPS) is 15.2. The third kappa shape index (κ3) is 2.44. The summed E-state index contributed by atoms with van der Waals surface area (Å²) in [7, 11) is 0. The molecule has 1 nitrogen and oxygen atoms in total. The first kappa shape index (κ1) is 13.6. The molecule has 0 spiro atoms. The lowest BCUT2D eigenvalue weighted by Crippen LogP contribution is -2.26. The highest BCUT2D eigenvalue weighted by Crippen LogP contribution is 2.39. The molecule has 0 fully saturated rings. The van der Waals surface area contributed by atoms with Crippen molar-refractivity contribution >= 4 is 24.0 Å². The van der Waals surface area contributed by atoms with Crippen molar-refractivity contribution in [2.24, 2.45) is 0 Å². The smallest absolute Gasteiger partial charge is 0.312 e. The molecule has 0 radical (unpaired) electrons. The van der Waals surface area contributed by atoms with E-state index < -0.39 is 11.7 Å². The van der Waals surface area contributed by atoms with E-state index in [-0.39, 0.29) is 24.0 Å². The second kappa shape index (κ2) is 4.82. The maximum Gasteiger partial charge on any atom is 0.418 e. The summed E-state index contributed by atoms with van der Waals surface area (Å²) in [4.78, 5) is 0. The first-order valence-electron chi connectivity index (χ1n) is 4.58. The number of hydrogen-bond acceptors (Lipinski definition) is 1. The summed E-state index contributed by atoms with van der Waals surface area (Å²) in [5.41, 5.74) is 0.348. The highest BCUT2D eigenvalue weighted by Gasteiger charge is 2.37. The van der Waals surface area contributed by atoms with Crippen LogP contribution in [-0.2, 0) is 19.1 Å². The number of rotatable bonds is 0. The van der Waals surface area contributed by atoms with Crippen LogP contribution >= 0.6 is 24.0 Å². The predicted octanol–water partition coefficient (Wildman–Crippen LogP) is 3.43. The topological polar surface area (TPSA) is 12.0 Å². The van der Waals surface area contributed by atoms with Gasteiger partial charge in [-0.15, -0.1) is 12.4 Å². The van der Waals surface area contributed by atoms with Gasteiger partial charge in [-0.05, 0) is 30.2 Å². The van der Waals surface area contributed by atoms with E-state index in [1.165, 1.54) is 6.07 Å². The van der Waals surface area contributed by atoms with E-state index in [0.717, 1.165) is 5.56 Å². The minimum atomic E-state index is -4.37. The average Bonchev–Trinajstić information content (AvgIpc) is 2.15. The zero-order valence-corrected chi connectivity index (χ0v) is 9.77. The fourth-order valence-electron chi connectivity index (χ4n) is 1.84. The van der Waals surface area contributed by atoms with Gasteiger partial charge in [0.2, 0.25) is 0 Å². The SMILES string of the molecule is Cl.FC(F)(F)c1c(Cl)ccc2c1CNCC2. The van der Waals surface area contributed by atoms with Crippen molar-refractivity contribution in [1.29, 1.82) is 0 Å². The summed E-state index contributed by atoms with van der Waals surface area (Å²) in [6.07, 6.45) is -3.75. The van der Waals surface area contributed by atoms with Gasteiger partial charge >= 0.3 is 6.18 Å². The summed E-state index contributed by atoms with van der Waals surface area (Å²) < 4.78 is 38.2. The standard InChI is InChI=1S/C10H9ClF3N.ClH/c11-8-2-1-6-3-4-15-5-7(6)9(8)10(12,13)14;/h1-2,15H,3-5H2;1H. The Morgan fingerprint density at radius 2 is 1.94 bits per heavy atom. The lowest BCUT2D eigenvalue weighted by molar-refractivity contribution is -0.138. The molecule has 1 N–H and O–H groups in total. The van der Waals surface area contributed by atoms with Gasteiger partial charge in [0.05, 0.1) is 10.6 Å². The monoisotopic (exact) mass is 271 g/mol. The fraction of sp³-hybridized carbons (Fsp3) is 0.400. The molecule has 0 saturated heterocycles. The van der Waals surface area contributed by atoms with Crippen molar-refractivity contribution in [2.75, 3.05) is 6.54 Å². The van der Waals surface area contributed by atoms with Crippen LogP contribution in [0.5, 0.6) is 0 Å². The molecular weight excluding hydrogens is 262 g/mol. The first-order valence-corrected chi connectivity index (χ1v) is 4.96. The van der Waals surface area contributed by atoms with Crippen LogP contribution in [0.3, 0.4) is 0 Å². The molecule has 0 amide bonds. The number of fused-ring (bicyclic) bond motifs is 1. The molecule has 0 atom stereocenters. The van der Waals surface area contributed by atoms with Gasteiger partial charge in [-0.2, -0.15) is 13.2 Å². The minimum absolute atomic E-state index is 0. The van der Waals surface area contributed by atoms with Crippen molar-refractivity contribution in [2.45, 2.75) is 19.1 Å². The summed E-state index contributed by atoms with van der Waals surface area (Å²) in [5.74, 6) is 0. The molecule has 0 aliphatic carbocycles. The van der Waals surface area contributed by atoms with Crippen LogP contribution in [0.1, 0.15) is 16.7 Å². The van der Waals surface area contributed by atoms with E-state index in [4.69, 9.17) is 11.6 Å². The molecule has 1 aromatic rings. The summed E-state index contributed by atoms with van der Waals surface area (Å²) in [6.45, 7) is 0.955. The number of benzene rings is 1. The minimum Gasteiger partial charge on any atom is -0.312 e. The Morgan fingerprint density at radius 1 is 1.25 bits per heavy atom. The molecule has 6 heteroatoms. The van der Waals surface area contributed by atoms with Crippen LogP contribution in [0.2, 0.25) is 5.02 Å². The summed E-state index contributed by atoms with van der Waals surface area (Å²) >= 11 is 5.60. The Balaban J connectivity index is 0.00000128. The van der Waals surface area contributed by atoms with Gasteiger partial charge in [-0.3, -0.25) is 0 Å². The summed E-state index contributed by atoms with van der Waals surface area (Å²) in [6, 6.07) is 3.00. The van der Waals surface area contributed by atoms with Crippen LogP contribution in [0.4, 0.5) is 13.2 Å². The molecule has 0 bridgehead atoms. The van der Waals surface area contributed by atoms with E-state index in [2.05, 4.69) is 5.32 Å². The molecular formula is C10H10Cl2F3N. The lowest BCUT2D eigenvalue weighted by atomic mass is 9.95. The van der Waals surface area contributed by atoms with E-state index in [0.29, 0.717) is 18.5 Å². The molecule has 1 aromatic carbocycles. The van der Waals surface area contributed by atoms with Gasteiger partial charge in [0.15, 0.2) is 0 Å². The van der Waals surface area contributed by atoms with E-state index in [9.17, 15) is 13.2 Å². The third-order valence-corrected chi connectivity index (χ3v) is 2.83. The lowest BCUT2D eigenvalue weighted by Gasteiger charge is -2.22. The Hall–Kier alpha value is -0.450. The van der Waals surface area contributed by atoms with Crippen molar-refractivity contribution in [3.8, 4) is 0 Å². The molecule has 0 aromatic heterocycles. The largest absolute Gasteiger partial charge is 0.418 e. The van der Waals surface area contributed by atoms with E-state index >= 15 is 0 Å². The van der Waals surface area contributed by atoms with Crippen LogP contribution in [0.25, 0.3) is 0 Å². The van der Waals surface area contributed by atoms with E-state index in [1.54, 1.807) is 6.07 Å². The molecule has 1 aliphatic heterocycles. The maximum atomic E-state index is 12.7. The predicted molar refractivity (Wildman–Crippen MR) is 59.1 cm³/mol. The van der Waals surface area contributed by atoms with Gasteiger partial charge in [-0.25, -0.2) is 0 Å². The zero-order valence-electron chi connectivity index (χ0n) is 8.20. The summed E-state index contributed by atoms with van der Waals surface area (Å²) in [5, 5.41) is 2.70. The van der Waals surface area contributed by atoms with Gasteiger partial charge < -0.3 is 5.32 Å². The molecule has 1 heterocycles. The number of halogens is 5. The maximum absolute atomic E-state index is 12.7. The molecule has 90 valence electrons. The van der Waals surface area contributed by atoms with Crippen molar-refractivity contribution < 1.29 is 13.2 Å². The van der Waals surface area contributed by atoms with Gasteiger partial charge in [-0.1, -0.05) is 17.7 Å². The highest BCUT2D eigenvalue weighted by molar-refractivity contribution is 6.31. The Bertz CT molecular complexity index is 390. The second-order valence-electron chi connectivity index (χ2n) is 3.48. The van der Waals surface area contributed by atoms with Gasteiger partial charge in [0, 0.05) is 6.54 Å². The second-order valence-corrected chi connectivity index (χ2v) is 3.89. The average molecular weight is 272 g/mol. The molecule has 16 heavy (non-hydrogen) atoms. The molecule has 2 rings (SSSR count). The highest BCUT2D eigenvalue weighted by atomic mass is 35.5.